The van der Waals surface area contributed by atoms with E-state index in [1.54, 1.807) is 0 Å². The van der Waals surface area contributed by atoms with Crippen LogP contribution in [0.15, 0.2) is 30.3 Å². The Hall–Kier alpha value is -0.860. The summed E-state index contributed by atoms with van der Waals surface area (Å²) in [6, 6.07) is 11.3. The fourth-order valence-electron chi connectivity index (χ4n) is 2.24. The second-order valence-electron chi connectivity index (χ2n) is 5.06. The van der Waals surface area contributed by atoms with Gasteiger partial charge in [-0.3, -0.25) is 0 Å². The zero-order valence-corrected chi connectivity index (χ0v) is 10.7. The second-order valence-corrected chi connectivity index (χ2v) is 5.06. The van der Waals surface area contributed by atoms with Crippen LogP contribution in [-0.4, -0.2) is 25.8 Å². The summed E-state index contributed by atoms with van der Waals surface area (Å²) in [5.74, 6) is 0.731. The van der Waals surface area contributed by atoms with Crippen molar-refractivity contribution in [2.75, 3.05) is 19.8 Å². The molecule has 2 heteroatoms. The van der Waals surface area contributed by atoms with Gasteiger partial charge in [-0.15, -0.1) is 0 Å². The smallest absolute Gasteiger partial charge is 0.0507 e. The number of ether oxygens (including phenoxy) is 1. The number of benzene rings is 1. The number of rotatable bonds is 6. The predicted octanol–water partition coefficient (Wildman–Crippen LogP) is 2.63. The van der Waals surface area contributed by atoms with E-state index >= 15 is 0 Å². The third kappa shape index (κ3) is 4.49. The number of aryl methyl sites for hydroxylation is 1. The molecule has 0 amide bonds. The molecule has 2 unspecified atom stereocenters. The minimum absolute atomic E-state index is 0.593. The lowest BCUT2D eigenvalue weighted by Gasteiger charge is -2.16. The van der Waals surface area contributed by atoms with E-state index < -0.39 is 0 Å². The Bertz CT molecular complexity index is 306. The highest BCUT2D eigenvalue weighted by molar-refractivity contribution is 5.14. The Morgan fingerprint density at radius 2 is 2.18 bits per heavy atom. The molecule has 94 valence electrons. The number of hydrogen-bond acceptors (Lipinski definition) is 2. The van der Waals surface area contributed by atoms with Crippen LogP contribution in [0, 0.1) is 5.92 Å². The third-order valence-corrected chi connectivity index (χ3v) is 3.49. The van der Waals surface area contributed by atoms with Crippen LogP contribution in [0.4, 0.5) is 0 Å². The van der Waals surface area contributed by atoms with Crippen molar-refractivity contribution in [3.05, 3.63) is 35.9 Å². The Morgan fingerprint density at radius 1 is 1.35 bits per heavy atom. The Morgan fingerprint density at radius 3 is 2.88 bits per heavy atom. The summed E-state index contributed by atoms with van der Waals surface area (Å²) in [6.07, 6.45) is 3.59. The Balaban J connectivity index is 1.62. The monoisotopic (exact) mass is 233 g/mol. The zero-order chi connectivity index (χ0) is 11.9. The first kappa shape index (κ1) is 12.6. The molecular formula is C15H23NO. The standard InChI is InChI=1S/C15H23NO/c1-13(16-11-15-9-10-17-12-15)7-8-14-5-3-2-4-6-14/h2-6,13,15-16H,7-12H2,1H3. The van der Waals surface area contributed by atoms with Crippen LogP contribution >= 0.6 is 0 Å². The van der Waals surface area contributed by atoms with Gasteiger partial charge >= 0.3 is 0 Å². The van der Waals surface area contributed by atoms with Crippen LogP contribution < -0.4 is 5.32 Å². The highest BCUT2D eigenvalue weighted by Crippen LogP contribution is 2.11. The van der Waals surface area contributed by atoms with Crippen molar-refractivity contribution >= 4 is 0 Å². The van der Waals surface area contributed by atoms with Crippen molar-refractivity contribution in [3.8, 4) is 0 Å². The van der Waals surface area contributed by atoms with Crippen LogP contribution in [0.5, 0.6) is 0 Å². The van der Waals surface area contributed by atoms with E-state index in [0.29, 0.717) is 6.04 Å². The molecule has 1 N–H and O–H groups in total. The summed E-state index contributed by atoms with van der Waals surface area (Å²) in [5.41, 5.74) is 1.44. The molecule has 1 fully saturated rings. The van der Waals surface area contributed by atoms with E-state index in [2.05, 4.69) is 42.6 Å². The van der Waals surface area contributed by atoms with Gasteiger partial charge in [-0.05, 0) is 37.7 Å². The lowest BCUT2D eigenvalue weighted by Crippen LogP contribution is -2.31. The molecule has 1 aromatic carbocycles. The molecule has 0 spiro atoms. The van der Waals surface area contributed by atoms with Crippen molar-refractivity contribution in [3.63, 3.8) is 0 Å². The minimum Gasteiger partial charge on any atom is -0.381 e. The summed E-state index contributed by atoms with van der Waals surface area (Å²) in [7, 11) is 0. The van der Waals surface area contributed by atoms with Gasteiger partial charge in [0.25, 0.3) is 0 Å². The predicted molar refractivity (Wildman–Crippen MR) is 71.2 cm³/mol. The van der Waals surface area contributed by atoms with Gasteiger partial charge in [0, 0.05) is 19.2 Å². The molecule has 1 heterocycles. The molecular weight excluding hydrogens is 210 g/mol. The van der Waals surface area contributed by atoms with Gasteiger partial charge in [-0.2, -0.15) is 0 Å². The maximum atomic E-state index is 5.38. The highest BCUT2D eigenvalue weighted by Gasteiger charge is 2.15. The molecule has 2 nitrogen and oxygen atoms in total. The van der Waals surface area contributed by atoms with Gasteiger partial charge in [-0.1, -0.05) is 30.3 Å². The number of hydrogen-bond donors (Lipinski definition) is 1. The molecule has 2 atom stereocenters. The minimum atomic E-state index is 0.593. The average Bonchev–Trinajstić information content (AvgIpc) is 2.88. The number of nitrogens with one attached hydrogen (secondary N) is 1. The molecule has 2 rings (SSSR count). The summed E-state index contributed by atoms with van der Waals surface area (Å²) >= 11 is 0. The first-order valence-corrected chi connectivity index (χ1v) is 6.69. The molecule has 0 aromatic heterocycles. The van der Waals surface area contributed by atoms with Crippen LogP contribution in [0.1, 0.15) is 25.3 Å². The van der Waals surface area contributed by atoms with E-state index in [0.717, 1.165) is 32.1 Å². The molecule has 17 heavy (non-hydrogen) atoms. The quantitative estimate of drug-likeness (QED) is 0.815. The molecule has 0 bridgehead atoms. The second kappa shape index (κ2) is 6.77. The molecule has 1 aliphatic heterocycles. The van der Waals surface area contributed by atoms with Gasteiger partial charge in [-0.25, -0.2) is 0 Å². The fourth-order valence-corrected chi connectivity index (χ4v) is 2.24. The SMILES string of the molecule is CC(CCc1ccccc1)NCC1CCOC1. The normalized spacial score (nSPS) is 21.6. The largest absolute Gasteiger partial charge is 0.381 e. The average molecular weight is 233 g/mol. The zero-order valence-electron chi connectivity index (χ0n) is 10.7. The molecule has 1 aromatic rings. The molecule has 1 aliphatic rings. The van der Waals surface area contributed by atoms with Gasteiger partial charge in [0.15, 0.2) is 0 Å². The van der Waals surface area contributed by atoms with E-state index in [-0.39, 0.29) is 0 Å². The third-order valence-electron chi connectivity index (χ3n) is 3.49. The van der Waals surface area contributed by atoms with E-state index in [1.165, 1.54) is 18.4 Å². The highest BCUT2D eigenvalue weighted by atomic mass is 16.5. The molecule has 0 saturated carbocycles. The summed E-state index contributed by atoms with van der Waals surface area (Å²) in [5, 5.41) is 3.61. The Labute approximate surface area is 104 Å². The summed E-state index contributed by atoms with van der Waals surface area (Å²) in [6.45, 7) is 5.28. The van der Waals surface area contributed by atoms with Crippen molar-refractivity contribution in [1.29, 1.82) is 0 Å². The Kier molecular flexibility index (Phi) is 5.02. The van der Waals surface area contributed by atoms with E-state index in [4.69, 9.17) is 4.74 Å². The fraction of sp³-hybridized carbons (Fsp3) is 0.600. The van der Waals surface area contributed by atoms with E-state index in [9.17, 15) is 0 Å². The molecule has 0 radical (unpaired) electrons. The van der Waals surface area contributed by atoms with Gasteiger partial charge in [0.1, 0.15) is 0 Å². The van der Waals surface area contributed by atoms with Crippen molar-refractivity contribution in [2.24, 2.45) is 5.92 Å². The van der Waals surface area contributed by atoms with Gasteiger partial charge < -0.3 is 10.1 Å². The summed E-state index contributed by atoms with van der Waals surface area (Å²) in [4.78, 5) is 0. The maximum Gasteiger partial charge on any atom is 0.0507 e. The first-order chi connectivity index (χ1) is 8.34. The van der Waals surface area contributed by atoms with Crippen LogP contribution in [-0.2, 0) is 11.2 Å². The van der Waals surface area contributed by atoms with E-state index in [1.807, 2.05) is 0 Å². The van der Waals surface area contributed by atoms with Crippen molar-refractivity contribution < 1.29 is 4.74 Å². The first-order valence-electron chi connectivity index (χ1n) is 6.69. The molecule has 1 saturated heterocycles. The van der Waals surface area contributed by atoms with Crippen LogP contribution in [0.2, 0.25) is 0 Å². The van der Waals surface area contributed by atoms with Gasteiger partial charge in [0.05, 0.1) is 6.61 Å². The maximum absolute atomic E-state index is 5.38. The lowest BCUT2D eigenvalue weighted by molar-refractivity contribution is 0.184. The van der Waals surface area contributed by atoms with Crippen LogP contribution in [0.25, 0.3) is 0 Å². The van der Waals surface area contributed by atoms with Crippen LogP contribution in [0.3, 0.4) is 0 Å². The topological polar surface area (TPSA) is 21.3 Å². The molecule has 0 aliphatic carbocycles. The van der Waals surface area contributed by atoms with Crippen molar-refractivity contribution in [1.82, 2.24) is 5.32 Å². The lowest BCUT2D eigenvalue weighted by atomic mass is 10.0. The van der Waals surface area contributed by atoms with Crippen molar-refractivity contribution in [2.45, 2.75) is 32.2 Å². The van der Waals surface area contributed by atoms with Gasteiger partial charge in [0.2, 0.25) is 0 Å². The summed E-state index contributed by atoms with van der Waals surface area (Å²) < 4.78 is 5.38.